The molecule has 2 aromatic carbocycles. The van der Waals surface area contributed by atoms with E-state index in [9.17, 15) is 14.0 Å². The highest BCUT2D eigenvalue weighted by atomic mass is 19.1. The number of benzene rings is 2. The summed E-state index contributed by atoms with van der Waals surface area (Å²) in [5.74, 6) is -0.251. The third-order valence-corrected chi connectivity index (χ3v) is 5.26. The molecule has 0 aliphatic carbocycles. The van der Waals surface area contributed by atoms with E-state index in [1.54, 1.807) is 25.2 Å². The molecule has 2 aromatic rings. The number of carbonyl (C=O) groups excluding carboxylic acids is 2. The summed E-state index contributed by atoms with van der Waals surface area (Å²) in [7, 11) is 1.64. The molecule has 1 saturated heterocycles. The van der Waals surface area contributed by atoms with E-state index in [4.69, 9.17) is 0 Å². The second kappa shape index (κ2) is 8.87. The van der Waals surface area contributed by atoms with Crippen LogP contribution < -0.4 is 10.6 Å². The van der Waals surface area contributed by atoms with E-state index in [-0.39, 0.29) is 29.7 Å². The van der Waals surface area contributed by atoms with Crippen molar-refractivity contribution in [1.82, 2.24) is 15.5 Å². The van der Waals surface area contributed by atoms with E-state index in [0.717, 1.165) is 30.5 Å². The first-order chi connectivity index (χ1) is 13.5. The fourth-order valence-electron chi connectivity index (χ4n) is 3.64. The van der Waals surface area contributed by atoms with Crippen molar-refractivity contribution in [3.63, 3.8) is 0 Å². The van der Waals surface area contributed by atoms with E-state index < -0.39 is 0 Å². The van der Waals surface area contributed by atoms with Crippen LogP contribution in [0, 0.1) is 5.82 Å². The minimum atomic E-state index is -0.298. The fourth-order valence-corrected chi connectivity index (χ4v) is 3.64. The number of carbonyl (C=O) groups is 2. The Balaban J connectivity index is 1.69. The number of urea groups is 1. The molecule has 3 amide bonds. The molecule has 6 heteroatoms. The number of hydrogen-bond acceptors (Lipinski definition) is 2. The molecule has 1 aliphatic rings. The van der Waals surface area contributed by atoms with Gasteiger partial charge in [0.1, 0.15) is 5.82 Å². The van der Waals surface area contributed by atoms with Gasteiger partial charge in [0, 0.05) is 31.6 Å². The van der Waals surface area contributed by atoms with Crippen LogP contribution in [0.5, 0.6) is 0 Å². The van der Waals surface area contributed by atoms with E-state index in [0.29, 0.717) is 12.1 Å². The molecule has 0 saturated carbocycles. The number of likely N-dealkylation sites (tertiary alicyclic amines) is 1. The van der Waals surface area contributed by atoms with E-state index in [1.807, 2.05) is 30.0 Å². The van der Waals surface area contributed by atoms with Crippen molar-refractivity contribution in [2.45, 2.75) is 31.7 Å². The van der Waals surface area contributed by atoms with Gasteiger partial charge in [0.2, 0.25) is 0 Å². The molecular weight excluding hydrogens is 357 g/mol. The second-order valence-corrected chi connectivity index (χ2v) is 7.21. The SMILES string of the molecule is CNC(=O)N1CCCC(c2cccc(C(=O)NC(C)c3ccc(F)cc3)c2)C1. The zero-order chi connectivity index (χ0) is 20.1. The Hall–Kier alpha value is -2.89. The average molecular weight is 383 g/mol. The zero-order valence-corrected chi connectivity index (χ0v) is 16.2. The predicted octanol–water partition coefficient (Wildman–Crippen LogP) is 3.84. The first-order valence-corrected chi connectivity index (χ1v) is 9.61. The van der Waals surface area contributed by atoms with Gasteiger partial charge in [-0.2, -0.15) is 0 Å². The molecule has 3 rings (SSSR count). The van der Waals surface area contributed by atoms with Crippen LogP contribution in [0.3, 0.4) is 0 Å². The van der Waals surface area contributed by atoms with Gasteiger partial charge in [0.25, 0.3) is 5.91 Å². The summed E-state index contributed by atoms with van der Waals surface area (Å²) in [5, 5.41) is 5.64. The molecule has 1 aliphatic heterocycles. The molecule has 28 heavy (non-hydrogen) atoms. The van der Waals surface area contributed by atoms with Gasteiger partial charge in [-0.25, -0.2) is 9.18 Å². The minimum Gasteiger partial charge on any atom is -0.346 e. The van der Waals surface area contributed by atoms with Gasteiger partial charge in [0.15, 0.2) is 0 Å². The molecule has 1 fully saturated rings. The Morgan fingerprint density at radius 2 is 1.93 bits per heavy atom. The van der Waals surface area contributed by atoms with Gasteiger partial charge >= 0.3 is 6.03 Å². The normalized spacial score (nSPS) is 17.7. The predicted molar refractivity (Wildman–Crippen MR) is 107 cm³/mol. The lowest BCUT2D eigenvalue weighted by Gasteiger charge is -2.32. The summed E-state index contributed by atoms with van der Waals surface area (Å²) in [6.07, 6.45) is 1.93. The smallest absolute Gasteiger partial charge is 0.317 e. The molecule has 0 radical (unpaired) electrons. The topological polar surface area (TPSA) is 61.4 Å². The third-order valence-electron chi connectivity index (χ3n) is 5.26. The van der Waals surface area contributed by atoms with Crippen LogP contribution >= 0.6 is 0 Å². The van der Waals surface area contributed by atoms with Crippen molar-refractivity contribution in [3.05, 3.63) is 71.0 Å². The summed E-state index contributed by atoms with van der Waals surface area (Å²) in [6.45, 7) is 3.28. The van der Waals surface area contributed by atoms with Crippen LogP contribution in [-0.4, -0.2) is 37.0 Å². The summed E-state index contributed by atoms with van der Waals surface area (Å²) in [5.41, 5.74) is 2.50. The molecule has 0 bridgehead atoms. The molecule has 0 spiro atoms. The Morgan fingerprint density at radius 3 is 2.64 bits per heavy atom. The van der Waals surface area contributed by atoms with Crippen molar-refractivity contribution in [2.75, 3.05) is 20.1 Å². The largest absolute Gasteiger partial charge is 0.346 e. The Labute approximate surface area is 164 Å². The molecule has 2 atom stereocenters. The molecule has 0 aromatic heterocycles. The average Bonchev–Trinajstić information content (AvgIpc) is 2.73. The number of piperidine rings is 1. The molecule has 1 heterocycles. The van der Waals surface area contributed by atoms with Crippen LogP contribution in [0.4, 0.5) is 9.18 Å². The van der Waals surface area contributed by atoms with Gasteiger partial charge in [-0.3, -0.25) is 4.79 Å². The lowest BCUT2D eigenvalue weighted by atomic mass is 9.89. The number of amides is 3. The van der Waals surface area contributed by atoms with E-state index >= 15 is 0 Å². The number of hydrogen-bond donors (Lipinski definition) is 2. The van der Waals surface area contributed by atoms with Gasteiger partial charge in [-0.1, -0.05) is 24.3 Å². The molecule has 148 valence electrons. The van der Waals surface area contributed by atoms with Crippen LogP contribution in [0.2, 0.25) is 0 Å². The number of nitrogens with zero attached hydrogens (tertiary/aromatic N) is 1. The fraction of sp³-hybridized carbons (Fsp3) is 0.364. The monoisotopic (exact) mass is 383 g/mol. The quantitative estimate of drug-likeness (QED) is 0.843. The maximum absolute atomic E-state index is 13.1. The van der Waals surface area contributed by atoms with Crippen molar-refractivity contribution in [1.29, 1.82) is 0 Å². The van der Waals surface area contributed by atoms with Crippen molar-refractivity contribution in [2.24, 2.45) is 0 Å². The van der Waals surface area contributed by atoms with Crippen LogP contribution in [0.1, 0.15) is 53.2 Å². The van der Waals surface area contributed by atoms with Gasteiger partial charge in [-0.05, 0) is 55.2 Å². The summed E-state index contributed by atoms with van der Waals surface area (Å²) in [4.78, 5) is 26.4. The zero-order valence-electron chi connectivity index (χ0n) is 16.2. The van der Waals surface area contributed by atoms with Gasteiger partial charge < -0.3 is 15.5 Å². The van der Waals surface area contributed by atoms with Gasteiger partial charge in [0.05, 0.1) is 6.04 Å². The van der Waals surface area contributed by atoms with Gasteiger partial charge in [-0.15, -0.1) is 0 Å². The van der Waals surface area contributed by atoms with Crippen LogP contribution in [0.15, 0.2) is 48.5 Å². The maximum Gasteiger partial charge on any atom is 0.317 e. The molecule has 2 unspecified atom stereocenters. The van der Waals surface area contributed by atoms with Crippen LogP contribution in [0.25, 0.3) is 0 Å². The highest BCUT2D eigenvalue weighted by molar-refractivity contribution is 5.94. The Bertz CT molecular complexity index is 838. The van der Waals surface area contributed by atoms with Crippen molar-refractivity contribution >= 4 is 11.9 Å². The first-order valence-electron chi connectivity index (χ1n) is 9.61. The second-order valence-electron chi connectivity index (χ2n) is 7.21. The van der Waals surface area contributed by atoms with E-state index in [2.05, 4.69) is 10.6 Å². The summed E-state index contributed by atoms with van der Waals surface area (Å²) < 4.78 is 13.1. The van der Waals surface area contributed by atoms with Crippen LogP contribution in [-0.2, 0) is 0 Å². The molecular formula is C22H26FN3O2. The molecule has 2 N–H and O–H groups in total. The third kappa shape index (κ3) is 4.68. The number of rotatable bonds is 4. The number of halogens is 1. The summed E-state index contributed by atoms with van der Waals surface area (Å²) in [6, 6.07) is 13.4. The Kier molecular flexibility index (Phi) is 6.29. The lowest BCUT2D eigenvalue weighted by molar-refractivity contribution is 0.0939. The lowest BCUT2D eigenvalue weighted by Crippen LogP contribution is -2.43. The van der Waals surface area contributed by atoms with E-state index in [1.165, 1.54) is 12.1 Å². The Morgan fingerprint density at radius 1 is 1.18 bits per heavy atom. The highest BCUT2D eigenvalue weighted by Gasteiger charge is 2.24. The first kappa shape index (κ1) is 19.9. The van der Waals surface area contributed by atoms with Crippen molar-refractivity contribution < 1.29 is 14.0 Å². The standard InChI is InChI=1S/C22H26FN3O2/c1-15(16-8-10-20(23)11-9-16)25-21(27)18-6-3-5-17(13-18)19-7-4-12-26(14-19)22(28)24-2/h3,5-6,8-11,13,15,19H,4,7,12,14H2,1-2H3,(H,24,28)(H,25,27). The summed E-state index contributed by atoms with van der Waals surface area (Å²) >= 11 is 0. The number of nitrogens with one attached hydrogen (secondary N) is 2. The minimum absolute atomic E-state index is 0.0632. The maximum atomic E-state index is 13.1. The molecule has 5 nitrogen and oxygen atoms in total. The van der Waals surface area contributed by atoms with Crippen molar-refractivity contribution in [3.8, 4) is 0 Å². The highest BCUT2D eigenvalue weighted by Crippen LogP contribution is 2.27.